The van der Waals surface area contributed by atoms with Crippen molar-refractivity contribution in [2.45, 2.75) is 65.7 Å². The fourth-order valence-corrected chi connectivity index (χ4v) is 3.17. The highest BCUT2D eigenvalue weighted by Crippen LogP contribution is 2.30. The molecule has 0 heterocycles. The van der Waals surface area contributed by atoms with Crippen molar-refractivity contribution in [2.24, 2.45) is 28.1 Å². The van der Waals surface area contributed by atoms with Gasteiger partial charge >= 0.3 is 0 Å². The van der Waals surface area contributed by atoms with Crippen LogP contribution in [0.25, 0.3) is 0 Å². The topological polar surface area (TPSA) is 70.6 Å². The van der Waals surface area contributed by atoms with Gasteiger partial charge in [-0.3, -0.25) is 0 Å². The molecule has 0 saturated heterocycles. The molecule has 0 aliphatic heterocycles. The van der Waals surface area contributed by atoms with Gasteiger partial charge in [-0.15, -0.1) is 0 Å². The quantitative estimate of drug-likeness (QED) is 0.210. The molecule has 1 aliphatic carbocycles. The van der Waals surface area contributed by atoms with Crippen LogP contribution in [0.3, 0.4) is 0 Å². The number of rotatable bonds is 8. The molecule has 4 heteroatoms. The van der Waals surface area contributed by atoms with E-state index < -0.39 is 0 Å². The van der Waals surface area contributed by atoms with E-state index in [1.807, 2.05) is 13.8 Å². The smallest absolute Gasteiger partial charge is 0.144 e. The Morgan fingerprint density at radius 2 is 2.10 bits per heavy atom. The first-order valence-electron chi connectivity index (χ1n) is 8.14. The number of hydrogen-bond donors (Lipinski definition) is 3. The molecule has 4 N–H and O–H groups in total. The number of nitrogens with one attached hydrogen (secondary N) is 1. The molecule has 118 valence electrons. The summed E-state index contributed by atoms with van der Waals surface area (Å²) in [4.78, 5) is 0. The molecule has 2 atom stereocenters. The minimum Gasteiger partial charge on any atom is -0.409 e. The molecule has 20 heavy (non-hydrogen) atoms. The number of amidine groups is 1. The molecule has 1 saturated carbocycles. The summed E-state index contributed by atoms with van der Waals surface area (Å²) in [6, 6.07) is 0. The predicted molar refractivity (Wildman–Crippen MR) is 85.0 cm³/mol. The lowest BCUT2D eigenvalue weighted by Crippen LogP contribution is -2.32. The Balaban J connectivity index is 2.05. The van der Waals surface area contributed by atoms with Crippen molar-refractivity contribution in [3.63, 3.8) is 0 Å². The maximum absolute atomic E-state index is 8.72. The molecule has 0 aromatic carbocycles. The van der Waals surface area contributed by atoms with E-state index >= 15 is 0 Å². The van der Waals surface area contributed by atoms with Crippen LogP contribution < -0.4 is 11.1 Å². The minimum atomic E-state index is -0.213. The molecule has 4 nitrogen and oxygen atoms in total. The van der Waals surface area contributed by atoms with Crippen LogP contribution in [0.1, 0.15) is 65.7 Å². The number of nitrogens with two attached hydrogens (primary N) is 1. The van der Waals surface area contributed by atoms with Crippen LogP contribution in [0.5, 0.6) is 0 Å². The minimum absolute atomic E-state index is 0.213. The Hall–Kier alpha value is -0.770. The second kappa shape index (κ2) is 8.50. The first-order valence-corrected chi connectivity index (χ1v) is 8.14. The van der Waals surface area contributed by atoms with Gasteiger partial charge in [0.2, 0.25) is 0 Å². The van der Waals surface area contributed by atoms with Crippen LogP contribution in [0, 0.1) is 17.3 Å². The van der Waals surface area contributed by atoms with E-state index in [0.29, 0.717) is 5.84 Å². The standard InChI is InChI=1S/C16H33N3O/c1-13-6-4-7-14(12-13)8-11-18-10-5-9-16(2,3)15(17)19-20/h13-14,18,20H,4-12H2,1-3H3,(H2,17,19). The molecular formula is C16H33N3O. The largest absolute Gasteiger partial charge is 0.409 e. The maximum atomic E-state index is 8.72. The van der Waals surface area contributed by atoms with Crippen molar-refractivity contribution in [3.05, 3.63) is 0 Å². The average molecular weight is 283 g/mol. The van der Waals surface area contributed by atoms with E-state index in [0.717, 1.165) is 37.8 Å². The maximum Gasteiger partial charge on any atom is 0.144 e. The van der Waals surface area contributed by atoms with E-state index in [2.05, 4.69) is 17.4 Å². The summed E-state index contributed by atoms with van der Waals surface area (Å²) < 4.78 is 0. The molecule has 1 rings (SSSR count). The third-order valence-corrected chi connectivity index (χ3v) is 4.73. The monoisotopic (exact) mass is 283 g/mol. The highest BCUT2D eigenvalue weighted by Gasteiger charge is 2.22. The first-order chi connectivity index (χ1) is 9.45. The van der Waals surface area contributed by atoms with Gasteiger partial charge in [0.1, 0.15) is 5.84 Å². The second-order valence-corrected chi connectivity index (χ2v) is 7.15. The summed E-state index contributed by atoms with van der Waals surface area (Å²) in [5, 5.41) is 15.4. The van der Waals surface area contributed by atoms with Crippen molar-refractivity contribution in [1.29, 1.82) is 0 Å². The zero-order valence-electron chi connectivity index (χ0n) is 13.5. The summed E-state index contributed by atoms with van der Waals surface area (Å²) in [7, 11) is 0. The lowest BCUT2D eigenvalue weighted by molar-refractivity contribution is 0.267. The number of hydrogen-bond acceptors (Lipinski definition) is 3. The van der Waals surface area contributed by atoms with Crippen molar-refractivity contribution in [1.82, 2.24) is 5.32 Å². The van der Waals surface area contributed by atoms with Gasteiger partial charge in [0.15, 0.2) is 0 Å². The highest BCUT2D eigenvalue weighted by atomic mass is 16.4. The molecule has 2 unspecified atom stereocenters. The Labute approximate surface area is 124 Å². The van der Waals surface area contributed by atoms with Crippen LogP contribution in [0.2, 0.25) is 0 Å². The third kappa shape index (κ3) is 6.12. The van der Waals surface area contributed by atoms with Gasteiger partial charge in [-0.2, -0.15) is 0 Å². The summed E-state index contributed by atoms with van der Waals surface area (Å²) in [5.41, 5.74) is 5.47. The summed E-state index contributed by atoms with van der Waals surface area (Å²) in [6.45, 7) is 8.57. The molecule has 0 spiro atoms. The molecule has 1 fully saturated rings. The normalized spacial score (nSPS) is 24.9. The molecule has 1 aliphatic rings. The third-order valence-electron chi connectivity index (χ3n) is 4.73. The molecule has 0 amide bonds. The van der Waals surface area contributed by atoms with Gasteiger partial charge in [0.25, 0.3) is 0 Å². The van der Waals surface area contributed by atoms with Gasteiger partial charge < -0.3 is 16.3 Å². The highest BCUT2D eigenvalue weighted by molar-refractivity contribution is 5.85. The lowest BCUT2D eigenvalue weighted by Gasteiger charge is -2.26. The Kier molecular flexibility index (Phi) is 7.35. The molecule has 0 aromatic rings. The second-order valence-electron chi connectivity index (χ2n) is 7.15. The lowest BCUT2D eigenvalue weighted by atomic mass is 9.81. The van der Waals surface area contributed by atoms with Crippen LogP contribution in [0.15, 0.2) is 5.16 Å². The summed E-state index contributed by atoms with van der Waals surface area (Å²) in [6.07, 6.45) is 8.99. The summed E-state index contributed by atoms with van der Waals surface area (Å²) >= 11 is 0. The van der Waals surface area contributed by atoms with Gasteiger partial charge in [-0.25, -0.2) is 0 Å². The number of oxime groups is 1. The van der Waals surface area contributed by atoms with E-state index in [4.69, 9.17) is 10.9 Å². The zero-order valence-corrected chi connectivity index (χ0v) is 13.5. The van der Waals surface area contributed by atoms with E-state index in [1.165, 1.54) is 32.1 Å². The van der Waals surface area contributed by atoms with Crippen molar-refractivity contribution >= 4 is 5.84 Å². The van der Waals surface area contributed by atoms with Crippen LogP contribution in [-0.2, 0) is 0 Å². The Morgan fingerprint density at radius 3 is 2.75 bits per heavy atom. The fraction of sp³-hybridized carbons (Fsp3) is 0.938. The molecular weight excluding hydrogens is 250 g/mol. The van der Waals surface area contributed by atoms with Crippen molar-refractivity contribution in [2.75, 3.05) is 13.1 Å². The van der Waals surface area contributed by atoms with E-state index in [1.54, 1.807) is 0 Å². The zero-order chi connectivity index (χ0) is 15.0. The molecule has 0 aromatic heterocycles. The molecule has 0 radical (unpaired) electrons. The van der Waals surface area contributed by atoms with Gasteiger partial charge in [-0.05, 0) is 50.6 Å². The molecule has 0 bridgehead atoms. The first kappa shape index (κ1) is 17.3. The van der Waals surface area contributed by atoms with E-state index in [9.17, 15) is 0 Å². The average Bonchev–Trinajstić information content (AvgIpc) is 2.41. The Morgan fingerprint density at radius 1 is 1.35 bits per heavy atom. The fourth-order valence-electron chi connectivity index (χ4n) is 3.17. The van der Waals surface area contributed by atoms with Gasteiger partial charge in [0.05, 0.1) is 0 Å². The van der Waals surface area contributed by atoms with Gasteiger partial charge in [-0.1, -0.05) is 45.2 Å². The predicted octanol–water partition coefficient (Wildman–Crippen LogP) is 3.35. The number of nitrogens with zero attached hydrogens (tertiary/aromatic N) is 1. The SMILES string of the molecule is CC1CCCC(CCNCCCC(C)(C)C(N)=NO)C1. The van der Waals surface area contributed by atoms with Gasteiger partial charge in [0, 0.05) is 5.41 Å². The van der Waals surface area contributed by atoms with Crippen molar-refractivity contribution in [3.8, 4) is 0 Å². The van der Waals surface area contributed by atoms with Crippen LogP contribution >= 0.6 is 0 Å². The Bertz CT molecular complexity index is 302. The summed E-state index contributed by atoms with van der Waals surface area (Å²) in [5.74, 6) is 2.18. The van der Waals surface area contributed by atoms with Crippen molar-refractivity contribution < 1.29 is 5.21 Å². The van der Waals surface area contributed by atoms with E-state index in [-0.39, 0.29) is 5.41 Å². The van der Waals surface area contributed by atoms with Crippen LogP contribution in [0.4, 0.5) is 0 Å². The van der Waals surface area contributed by atoms with Crippen LogP contribution in [-0.4, -0.2) is 24.1 Å².